The van der Waals surface area contributed by atoms with E-state index in [0.29, 0.717) is 12.1 Å². The molecule has 6 nitrogen and oxygen atoms in total. The van der Waals surface area contributed by atoms with Crippen molar-refractivity contribution in [1.29, 1.82) is 0 Å². The molecule has 0 saturated heterocycles. The highest BCUT2D eigenvalue weighted by Gasteiger charge is 2.33. The second-order valence-electron chi connectivity index (χ2n) is 4.43. The van der Waals surface area contributed by atoms with Crippen molar-refractivity contribution in [2.75, 3.05) is 0 Å². The molecule has 2 aromatic rings. The molecule has 2 aromatic carbocycles. The number of nitrogens with zero attached hydrogens (tertiary/aromatic N) is 1. The fourth-order valence-corrected chi connectivity index (χ4v) is 1.76. The zero-order valence-electron chi connectivity index (χ0n) is 11.3. The molecule has 0 spiro atoms. The van der Waals surface area contributed by atoms with E-state index in [2.05, 4.69) is 0 Å². The first kappa shape index (κ1) is 16.3. The SMILES string of the molecule is NC(=O)c1cccc(Oc2ccc(C(F)(F)F)cc2[N+](=O)[O-])c1. The molecule has 23 heavy (non-hydrogen) atoms. The molecule has 0 aliphatic rings. The Balaban J connectivity index is 2.42. The van der Waals surface area contributed by atoms with E-state index < -0.39 is 28.3 Å². The molecule has 1 amide bonds. The van der Waals surface area contributed by atoms with Gasteiger partial charge in [-0.05, 0) is 30.3 Å². The van der Waals surface area contributed by atoms with E-state index in [-0.39, 0.29) is 17.1 Å². The molecule has 0 unspecified atom stereocenters. The summed E-state index contributed by atoms with van der Waals surface area (Å²) in [5.41, 5.74) is 3.18. The summed E-state index contributed by atoms with van der Waals surface area (Å²) in [4.78, 5) is 21.0. The first-order valence-electron chi connectivity index (χ1n) is 6.12. The largest absolute Gasteiger partial charge is 0.450 e. The minimum atomic E-state index is -4.71. The monoisotopic (exact) mass is 326 g/mol. The van der Waals surface area contributed by atoms with Crippen LogP contribution in [0.5, 0.6) is 11.5 Å². The number of nitro groups is 1. The predicted molar refractivity (Wildman–Crippen MR) is 73.1 cm³/mol. The van der Waals surface area contributed by atoms with Crippen molar-refractivity contribution in [1.82, 2.24) is 0 Å². The van der Waals surface area contributed by atoms with Gasteiger partial charge in [-0.2, -0.15) is 13.2 Å². The van der Waals surface area contributed by atoms with E-state index in [1.165, 1.54) is 24.3 Å². The number of primary amides is 1. The van der Waals surface area contributed by atoms with Gasteiger partial charge in [-0.15, -0.1) is 0 Å². The Hall–Kier alpha value is -3.10. The molecule has 0 atom stereocenters. The molecule has 0 radical (unpaired) electrons. The maximum atomic E-state index is 12.6. The fraction of sp³-hybridized carbons (Fsp3) is 0.0714. The summed E-state index contributed by atoms with van der Waals surface area (Å²) in [5, 5.41) is 11.0. The van der Waals surface area contributed by atoms with Crippen molar-refractivity contribution < 1.29 is 27.6 Å². The van der Waals surface area contributed by atoms with Gasteiger partial charge in [0.15, 0.2) is 0 Å². The van der Waals surface area contributed by atoms with Crippen LogP contribution in [0, 0.1) is 10.1 Å². The zero-order chi connectivity index (χ0) is 17.2. The Labute approximate surface area is 127 Å². The van der Waals surface area contributed by atoms with Crippen LogP contribution in [0.1, 0.15) is 15.9 Å². The Kier molecular flexibility index (Phi) is 4.21. The Morgan fingerprint density at radius 3 is 2.43 bits per heavy atom. The quantitative estimate of drug-likeness (QED) is 0.687. The summed E-state index contributed by atoms with van der Waals surface area (Å²) in [6, 6.07) is 7.32. The molecule has 0 aromatic heterocycles. The third-order valence-corrected chi connectivity index (χ3v) is 2.83. The normalized spacial score (nSPS) is 11.1. The Morgan fingerprint density at radius 2 is 1.87 bits per heavy atom. The van der Waals surface area contributed by atoms with Crippen LogP contribution in [0.4, 0.5) is 18.9 Å². The first-order chi connectivity index (χ1) is 10.7. The number of nitrogens with two attached hydrogens (primary N) is 1. The van der Waals surface area contributed by atoms with Gasteiger partial charge in [0.05, 0.1) is 10.5 Å². The molecule has 0 bridgehead atoms. The van der Waals surface area contributed by atoms with Crippen molar-refractivity contribution in [3.63, 3.8) is 0 Å². The maximum Gasteiger partial charge on any atom is 0.416 e. The van der Waals surface area contributed by atoms with E-state index in [1.807, 2.05) is 0 Å². The second-order valence-corrected chi connectivity index (χ2v) is 4.43. The van der Waals surface area contributed by atoms with E-state index >= 15 is 0 Å². The number of ether oxygens (including phenoxy) is 1. The lowest BCUT2D eigenvalue weighted by atomic mass is 10.1. The predicted octanol–water partition coefficient (Wildman–Crippen LogP) is 3.50. The lowest BCUT2D eigenvalue weighted by Gasteiger charge is -2.10. The van der Waals surface area contributed by atoms with E-state index in [1.54, 1.807) is 0 Å². The van der Waals surface area contributed by atoms with Crippen molar-refractivity contribution in [3.8, 4) is 11.5 Å². The van der Waals surface area contributed by atoms with Crippen molar-refractivity contribution in [2.24, 2.45) is 5.73 Å². The van der Waals surface area contributed by atoms with Gasteiger partial charge in [-0.25, -0.2) is 0 Å². The lowest BCUT2D eigenvalue weighted by molar-refractivity contribution is -0.385. The van der Waals surface area contributed by atoms with Crippen LogP contribution >= 0.6 is 0 Å². The number of nitro benzene ring substituents is 1. The summed E-state index contributed by atoms with van der Waals surface area (Å²) in [7, 11) is 0. The zero-order valence-corrected chi connectivity index (χ0v) is 11.3. The molecular formula is C14H9F3N2O4. The molecule has 0 saturated carbocycles. The van der Waals surface area contributed by atoms with Gasteiger partial charge in [-0.3, -0.25) is 14.9 Å². The average molecular weight is 326 g/mol. The van der Waals surface area contributed by atoms with Crippen molar-refractivity contribution >= 4 is 11.6 Å². The van der Waals surface area contributed by atoms with Gasteiger partial charge in [0.1, 0.15) is 5.75 Å². The molecule has 120 valence electrons. The maximum absolute atomic E-state index is 12.6. The molecule has 2 rings (SSSR count). The van der Waals surface area contributed by atoms with Crippen LogP contribution in [-0.4, -0.2) is 10.8 Å². The number of carbonyl (C=O) groups excluding carboxylic acids is 1. The minimum Gasteiger partial charge on any atom is -0.450 e. The molecule has 0 aliphatic carbocycles. The summed E-state index contributed by atoms with van der Waals surface area (Å²) in [6.45, 7) is 0. The van der Waals surface area contributed by atoms with Crippen LogP contribution in [-0.2, 0) is 6.18 Å². The highest BCUT2D eigenvalue weighted by Crippen LogP contribution is 2.37. The van der Waals surface area contributed by atoms with Crippen molar-refractivity contribution in [2.45, 2.75) is 6.18 Å². The van der Waals surface area contributed by atoms with E-state index in [0.717, 1.165) is 6.07 Å². The highest BCUT2D eigenvalue weighted by molar-refractivity contribution is 5.93. The van der Waals surface area contributed by atoms with Crippen LogP contribution in [0.2, 0.25) is 0 Å². The van der Waals surface area contributed by atoms with Gasteiger partial charge >= 0.3 is 11.9 Å². The number of alkyl halides is 3. The molecule has 2 N–H and O–H groups in total. The third-order valence-electron chi connectivity index (χ3n) is 2.83. The highest BCUT2D eigenvalue weighted by atomic mass is 19.4. The van der Waals surface area contributed by atoms with E-state index in [4.69, 9.17) is 10.5 Å². The topological polar surface area (TPSA) is 95.5 Å². The number of hydrogen-bond donors (Lipinski definition) is 1. The van der Waals surface area contributed by atoms with Crippen LogP contribution in [0.15, 0.2) is 42.5 Å². The number of benzene rings is 2. The number of halogens is 3. The number of amides is 1. The Bertz CT molecular complexity index is 775. The lowest BCUT2D eigenvalue weighted by Crippen LogP contribution is -2.10. The van der Waals surface area contributed by atoms with Crippen LogP contribution in [0.25, 0.3) is 0 Å². The molecule has 9 heteroatoms. The first-order valence-corrected chi connectivity index (χ1v) is 6.12. The Morgan fingerprint density at radius 1 is 1.17 bits per heavy atom. The van der Waals surface area contributed by atoms with Crippen LogP contribution in [0.3, 0.4) is 0 Å². The molecule has 0 fully saturated rings. The van der Waals surface area contributed by atoms with Gasteiger partial charge in [-0.1, -0.05) is 6.07 Å². The third kappa shape index (κ3) is 3.76. The van der Waals surface area contributed by atoms with E-state index in [9.17, 15) is 28.1 Å². The van der Waals surface area contributed by atoms with Gasteiger partial charge in [0.2, 0.25) is 11.7 Å². The standard InChI is InChI=1S/C14H9F3N2O4/c15-14(16,17)9-4-5-12(11(7-9)19(21)22)23-10-3-1-2-8(6-10)13(18)20/h1-7H,(H2,18,20). The average Bonchev–Trinajstić information content (AvgIpc) is 2.46. The summed E-state index contributed by atoms with van der Waals surface area (Å²) < 4.78 is 43.1. The van der Waals surface area contributed by atoms with Gasteiger partial charge < -0.3 is 10.5 Å². The van der Waals surface area contributed by atoms with Crippen LogP contribution < -0.4 is 10.5 Å². The molecular weight excluding hydrogens is 317 g/mol. The fourth-order valence-electron chi connectivity index (χ4n) is 1.76. The number of hydrogen-bond acceptors (Lipinski definition) is 4. The minimum absolute atomic E-state index is 0.0316. The summed E-state index contributed by atoms with van der Waals surface area (Å²) in [5.74, 6) is -1.09. The smallest absolute Gasteiger partial charge is 0.416 e. The summed E-state index contributed by atoms with van der Waals surface area (Å²) in [6.07, 6.45) is -4.71. The van der Waals surface area contributed by atoms with Gasteiger partial charge in [0.25, 0.3) is 0 Å². The van der Waals surface area contributed by atoms with Gasteiger partial charge in [0, 0.05) is 11.6 Å². The summed E-state index contributed by atoms with van der Waals surface area (Å²) >= 11 is 0. The molecule has 0 aliphatic heterocycles. The molecule has 0 heterocycles. The second kappa shape index (κ2) is 5.95. The number of rotatable bonds is 4. The van der Waals surface area contributed by atoms with Crippen molar-refractivity contribution in [3.05, 3.63) is 63.7 Å². The number of carbonyl (C=O) groups is 1.